The minimum Gasteiger partial charge on any atom is -0.380 e. The zero-order valence-electron chi connectivity index (χ0n) is 20.5. The molecule has 8 nitrogen and oxygen atoms in total. The average molecular weight is 519 g/mol. The van der Waals surface area contributed by atoms with Gasteiger partial charge in [-0.1, -0.05) is 43.2 Å². The average Bonchev–Trinajstić information content (AvgIpc) is 2.94. The predicted octanol–water partition coefficient (Wildman–Crippen LogP) is 4.26. The van der Waals surface area contributed by atoms with Gasteiger partial charge in [-0.3, -0.25) is 14.6 Å². The van der Waals surface area contributed by atoms with E-state index in [-0.39, 0.29) is 0 Å². The highest BCUT2D eigenvalue weighted by Crippen LogP contribution is 2.28. The smallest absolute Gasteiger partial charge is 0.253 e. The molecule has 1 fully saturated rings. The van der Waals surface area contributed by atoms with Crippen LogP contribution in [0.5, 0.6) is 0 Å². The van der Waals surface area contributed by atoms with Crippen LogP contribution < -0.4 is 21.5 Å². The number of rotatable bonds is 10. The molecule has 2 N–H and O–H groups in total. The van der Waals surface area contributed by atoms with Crippen molar-refractivity contribution < 1.29 is 8.42 Å². The standard InChI is InChI=1S/C28H30N4O4S/c33-27-25(26(28(27)34)31-23-10-15-29-16-11-23)30-14-4-3-5-20-12-17-32(18-13-20)37(35,36)24-9-8-21-6-1-2-7-22(21)19-24/h1-2,6-11,15-16,19-20,30H,3-5,12-14,17-18H2,(H,29,31). The van der Waals surface area contributed by atoms with E-state index in [1.807, 2.05) is 30.3 Å². The van der Waals surface area contributed by atoms with E-state index in [9.17, 15) is 18.0 Å². The SMILES string of the molecule is O=c1c(NCCCCC2CCN(S(=O)(=O)c3ccc4ccccc4c3)CC2)c(Nc2ccncc2)c1=O. The summed E-state index contributed by atoms with van der Waals surface area (Å²) in [6.07, 6.45) is 7.77. The lowest BCUT2D eigenvalue weighted by Crippen LogP contribution is -2.38. The molecule has 0 radical (unpaired) electrons. The molecule has 3 aromatic carbocycles. The second-order valence-corrected chi connectivity index (χ2v) is 11.5. The van der Waals surface area contributed by atoms with Gasteiger partial charge in [-0.2, -0.15) is 4.31 Å². The molecule has 1 aliphatic rings. The minimum atomic E-state index is -3.50. The van der Waals surface area contributed by atoms with Gasteiger partial charge in [0.1, 0.15) is 11.4 Å². The second kappa shape index (κ2) is 10.8. The quantitative estimate of drug-likeness (QED) is 0.239. The first-order valence-electron chi connectivity index (χ1n) is 12.7. The Morgan fingerprint density at radius 3 is 2.32 bits per heavy atom. The van der Waals surface area contributed by atoms with Gasteiger partial charge in [-0.25, -0.2) is 8.42 Å². The molecule has 37 heavy (non-hydrogen) atoms. The monoisotopic (exact) mass is 518 g/mol. The maximum Gasteiger partial charge on any atom is 0.253 e. The summed E-state index contributed by atoms with van der Waals surface area (Å²) in [4.78, 5) is 28.2. The Kier molecular flexibility index (Phi) is 7.34. The summed E-state index contributed by atoms with van der Waals surface area (Å²) in [6.45, 7) is 1.67. The lowest BCUT2D eigenvalue weighted by atomic mass is 9.92. The van der Waals surface area contributed by atoms with Crippen LogP contribution in [-0.2, 0) is 10.0 Å². The molecule has 9 heteroatoms. The molecule has 0 spiro atoms. The molecule has 192 valence electrons. The number of benzene rings is 2. The van der Waals surface area contributed by atoms with Crippen molar-refractivity contribution in [3.63, 3.8) is 0 Å². The zero-order valence-corrected chi connectivity index (χ0v) is 21.3. The van der Waals surface area contributed by atoms with Gasteiger partial charge >= 0.3 is 0 Å². The first-order chi connectivity index (χ1) is 17.9. The summed E-state index contributed by atoms with van der Waals surface area (Å²) in [5.41, 5.74) is 0.352. The fourth-order valence-electron chi connectivity index (χ4n) is 4.95. The molecule has 5 rings (SSSR count). The Balaban J connectivity index is 1.06. The zero-order chi connectivity index (χ0) is 25.8. The number of unbranched alkanes of at least 4 members (excludes halogenated alkanes) is 1. The van der Waals surface area contributed by atoms with Gasteiger partial charge in [-0.05, 0) is 60.2 Å². The Hall–Kier alpha value is -3.56. The van der Waals surface area contributed by atoms with E-state index in [2.05, 4.69) is 15.6 Å². The number of fused-ring (bicyclic) bond motifs is 1. The van der Waals surface area contributed by atoms with Crippen molar-refractivity contribution in [1.82, 2.24) is 9.29 Å². The van der Waals surface area contributed by atoms with Crippen LogP contribution in [0.4, 0.5) is 17.1 Å². The maximum atomic E-state index is 13.2. The van der Waals surface area contributed by atoms with Gasteiger partial charge < -0.3 is 10.6 Å². The molecule has 0 aliphatic carbocycles. The number of anilines is 3. The van der Waals surface area contributed by atoms with E-state index < -0.39 is 20.9 Å². The topological polar surface area (TPSA) is 108 Å². The third-order valence-corrected chi connectivity index (χ3v) is 9.03. The summed E-state index contributed by atoms with van der Waals surface area (Å²) in [7, 11) is -3.50. The molecule has 0 unspecified atom stereocenters. The molecule has 2 heterocycles. The number of aromatic nitrogens is 1. The molecule has 4 aromatic rings. The second-order valence-electron chi connectivity index (χ2n) is 9.55. The fraction of sp³-hybridized carbons (Fsp3) is 0.321. The molecular formula is C28H30N4O4S. The van der Waals surface area contributed by atoms with Gasteiger partial charge in [0.2, 0.25) is 10.0 Å². The number of nitrogens with one attached hydrogen (secondary N) is 2. The van der Waals surface area contributed by atoms with Gasteiger partial charge in [0.15, 0.2) is 0 Å². The molecule has 1 saturated heterocycles. The highest BCUT2D eigenvalue weighted by molar-refractivity contribution is 7.89. The van der Waals surface area contributed by atoms with Gasteiger partial charge in [-0.15, -0.1) is 0 Å². The van der Waals surface area contributed by atoms with Crippen LogP contribution in [0.15, 0.2) is 81.5 Å². The minimum absolute atomic E-state index is 0.302. The van der Waals surface area contributed by atoms with E-state index >= 15 is 0 Å². The Bertz CT molecular complexity index is 1550. The van der Waals surface area contributed by atoms with Gasteiger partial charge in [0, 0.05) is 37.7 Å². The lowest BCUT2D eigenvalue weighted by molar-refractivity contribution is 0.260. The lowest BCUT2D eigenvalue weighted by Gasteiger charge is -2.31. The van der Waals surface area contributed by atoms with Crippen molar-refractivity contribution in [3.8, 4) is 0 Å². The highest BCUT2D eigenvalue weighted by Gasteiger charge is 2.29. The fourth-order valence-corrected chi connectivity index (χ4v) is 6.45. The first kappa shape index (κ1) is 25.1. The maximum absolute atomic E-state index is 13.2. The Labute approximate surface area is 216 Å². The molecule has 0 amide bonds. The van der Waals surface area contributed by atoms with E-state index in [4.69, 9.17) is 0 Å². The summed E-state index contributed by atoms with van der Waals surface area (Å²) in [6, 6.07) is 16.6. The van der Waals surface area contributed by atoms with Crippen LogP contribution in [0.3, 0.4) is 0 Å². The van der Waals surface area contributed by atoms with E-state index in [1.54, 1.807) is 41.0 Å². The van der Waals surface area contributed by atoms with Crippen LogP contribution >= 0.6 is 0 Å². The van der Waals surface area contributed by atoms with Crippen molar-refractivity contribution >= 4 is 37.9 Å². The van der Waals surface area contributed by atoms with Crippen LogP contribution in [0.2, 0.25) is 0 Å². The molecule has 1 aromatic heterocycles. The number of hydrogen-bond acceptors (Lipinski definition) is 7. The third kappa shape index (κ3) is 5.42. The van der Waals surface area contributed by atoms with Crippen molar-refractivity contribution in [2.75, 3.05) is 30.3 Å². The molecule has 0 atom stereocenters. The van der Waals surface area contributed by atoms with E-state index in [0.29, 0.717) is 47.5 Å². The van der Waals surface area contributed by atoms with Crippen LogP contribution in [-0.4, -0.2) is 37.3 Å². The Morgan fingerprint density at radius 2 is 1.57 bits per heavy atom. The van der Waals surface area contributed by atoms with Crippen molar-refractivity contribution in [2.45, 2.75) is 37.0 Å². The third-order valence-electron chi connectivity index (χ3n) is 7.13. The molecule has 0 saturated carbocycles. The summed E-state index contributed by atoms with van der Waals surface area (Å²) in [5, 5.41) is 8.05. The molecule has 1 aliphatic heterocycles. The van der Waals surface area contributed by atoms with Crippen LogP contribution in [0.25, 0.3) is 10.8 Å². The summed E-state index contributed by atoms with van der Waals surface area (Å²) >= 11 is 0. The molecular weight excluding hydrogens is 488 g/mol. The van der Waals surface area contributed by atoms with Gasteiger partial charge in [0.25, 0.3) is 10.9 Å². The predicted molar refractivity (Wildman–Crippen MR) is 147 cm³/mol. The summed E-state index contributed by atoms with van der Waals surface area (Å²) < 4.78 is 28.0. The number of sulfonamides is 1. The van der Waals surface area contributed by atoms with Crippen molar-refractivity contribution in [2.24, 2.45) is 5.92 Å². The Morgan fingerprint density at radius 1 is 0.865 bits per heavy atom. The van der Waals surface area contributed by atoms with Crippen LogP contribution in [0.1, 0.15) is 32.1 Å². The van der Waals surface area contributed by atoms with Crippen molar-refractivity contribution in [3.05, 3.63) is 87.4 Å². The summed E-state index contributed by atoms with van der Waals surface area (Å²) in [5.74, 6) is 0.484. The van der Waals surface area contributed by atoms with Crippen molar-refractivity contribution in [1.29, 1.82) is 0 Å². The highest BCUT2D eigenvalue weighted by atomic mass is 32.2. The van der Waals surface area contributed by atoms with E-state index in [1.165, 1.54) is 0 Å². The van der Waals surface area contributed by atoms with Gasteiger partial charge in [0.05, 0.1) is 4.90 Å². The number of pyridine rings is 1. The van der Waals surface area contributed by atoms with Crippen LogP contribution in [0, 0.1) is 5.92 Å². The number of piperidine rings is 1. The van der Waals surface area contributed by atoms with E-state index in [0.717, 1.165) is 42.9 Å². The largest absolute Gasteiger partial charge is 0.380 e. The normalized spacial score (nSPS) is 15.2. The number of hydrogen-bond donors (Lipinski definition) is 2. The number of nitrogens with zero attached hydrogens (tertiary/aromatic N) is 2. The first-order valence-corrected chi connectivity index (χ1v) is 14.1. The molecule has 0 bridgehead atoms.